The zero-order valence-electron chi connectivity index (χ0n) is 29.4. The quantitative estimate of drug-likeness (QED) is 0.176. The first-order valence-electron chi connectivity index (χ1n) is 18.4. The van der Waals surface area contributed by atoms with Crippen molar-refractivity contribution in [1.29, 1.82) is 0 Å². The molecule has 2 fully saturated rings. The van der Waals surface area contributed by atoms with Gasteiger partial charge in [-0.2, -0.15) is 5.10 Å². The first kappa shape index (κ1) is 36.6. The number of rotatable bonds is 9. The van der Waals surface area contributed by atoms with Crippen LogP contribution in [0.5, 0.6) is 0 Å². The number of sulfonamides is 1. The van der Waals surface area contributed by atoms with Crippen molar-refractivity contribution in [3.8, 4) is 22.5 Å². The summed E-state index contributed by atoms with van der Waals surface area (Å²) in [6.07, 6.45) is 23.3. The smallest absolute Gasteiger partial charge is 0.267 e. The van der Waals surface area contributed by atoms with Gasteiger partial charge in [0.1, 0.15) is 17.3 Å². The topological polar surface area (TPSA) is 111 Å². The molecule has 53 heavy (non-hydrogen) atoms. The molecular formula is C40H43F3N6O3S. The van der Waals surface area contributed by atoms with Gasteiger partial charge in [0, 0.05) is 42.4 Å². The van der Waals surface area contributed by atoms with Gasteiger partial charge in [0.2, 0.25) is 5.95 Å². The number of halogens is 3. The molecule has 1 saturated carbocycles. The molecule has 7 rings (SSSR count). The van der Waals surface area contributed by atoms with E-state index in [1.165, 1.54) is 23.8 Å². The van der Waals surface area contributed by atoms with Gasteiger partial charge in [0.25, 0.3) is 10.0 Å². The van der Waals surface area contributed by atoms with E-state index in [1.807, 2.05) is 21.7 Å². The number of anilines is 2. The first-order chi connectivity index (χ1) is 25.8. The number of allylic oxidation sites excluding steroid dienone is 5. The Balaban J connectivity index is 1.21. The molecule has 13 heteroatoms. The third-order valence-corrected chi connectivity index (χ3v) is 11.6. The molecule has 2 aromatic carbocycles. The molecule has 1 unspecified atom stereocenters. The minimum Gasteiger partial charge on any atom is -0.381 e. The molecule has 2 aromatic heterocycles. The average Bonchev–Trinajstić information content (AvgIpc) is 3.57. The number of benzene rings is 2. The summed E-state index contributed by atoms with van der Waals surface area (Å²) in [4.78, 5) is 8.13. The maximum atomic E-state index is 16.4. The van der Waals surface area contributed by atoms with Crippen LogP contribution >= 0.6 is 0 Å². The molecule has 3 aliphatic rings. The summed E-state index contributed by atoms with van der Waals surface area (Å²) in [6.45, 7) is 1.62. The van der Waals surface area contributed by atoms with Gasteiger partial charge in [-0.25, -0.2) is 31.6 Å². The van der Waals surface area contributed by atoms with E-state index in [4.69, 9.17) is 14.8 Å². The van der Waals surface area contributed by atoms with E-state index in [2.05, 4.69) is 28.5 Å². The summed E-state index contributed by atoms with van der Waals surface area (Å²) in [5.41, 5.74) is 3.03. The predicted molar refractivity (Wildman–Crippen MR) is 199 cm³/mol. The van der Waals surface area contributed by atoms with Crippen molar-refractivity contribution < 1.29 is 26.3 Å². The van der Waals surface area contributed by atoms with Crippen LogP contribution in [-0.2, 0) is 14.8 Å². The molecule has 2 aliphatic carbocycles. The monoisotopic (exact) mass is 744 g/mol. The molecule has 0 amide bonds. The van der Waals surface area contributed by atoms with Gasteiger partial charge < -0.3 is 10.1 Å². The van der Waals surface area contributed by atoms with E-state index >= 15 is 4.39 Å². The van der Waals surface area contributed by atoms with Gasteiger partial charge in [0.05, 0.1) is 17.4 Å². The number of ether oxygens (including phenoxy) is 1. The third-order valence-electron chi connectivity index (χ3n) is 10.2. The van der Waals surface area contributed by atoms with Crippen molar-refractivity contribution in [1.82, 2.24) is 19.7 Å². The lowest BCUT2D eigenvalue weighted by Crippen LogP contribution is -2.17. The zero-order valence-corrected chi connectivity index (χ0v) is 30.2. The number of aromatic nitrogens is 4. The van der Waals surface area contributed by atoms with E-state index in [1.54, 1.807) is 12.3 Å². The lowest BCUT2D eigenvalue weighted by molar-refractivity contribution is 0.105. The van der Waals surface area contributed by atoms with Crippen molar-refractivity contribution in [2.24, 2.45) is 5.92 Å². The summed E-state index contributed by atoms with van der Waals surface area (Å²) in [6, 6.07) is 8.67. The lowest BCUT2D eigenvalue weighted by atomic mass is 9.86. The molecule has 0 radical (unpaired) electrons. The van der Waals surface area contributed by atoms with Crippen molar-refractivity contribution in [2.45, 2.75) is 81.6 Å². The second-order valence-electron chi connectivity index (χ2n) is 13.8. The molecule has 9 nitrogen and oxygen atoms in total. The van der Waals surface area contributed by atoms with Crippen LogP contribution in [-0.4, -0.2) is 41.4 Å². The molecular weight excluding hydrogens is 702 g/mol. The molecule has 1 atom stereocenters. The minimum absolute atomic E-state index is 0.000159. The van der Waals surface area contributed by atoms with E-state index in [-0.39, 0.29) is 17.3 Å². The van der Waals surface area contributed by atoms with E-state index in [9.17, 15) is 17.2 Å². The second-order valence-corrected chi connectivity index (χ2v) is 15.4. The van der Waals surface area contributed by atoms with Crippen LogP contribution in [0, 0.1) is 23.4 Å². The van der Waals surface area contributed by atoms with E-state index in [0.717, 1.165) is 108 Å². The largest absolute Gasteiger partial charge is 0.381 e. The van der Waals surface area contributed by atoms with Crippen LogP contribution < -0.4 is 10.0 Å². The molecule has 1 aliphatic heterocycles. The first-order valence-corrected chi connectivity index (χ1v) is 19.9. The highest BCUT2D eigenvalue weighted by molar-refractivity contribution is 7.92. The Morgan fingerprint density at radius 1 is 0.849 bits per heavy atom. The maximum absolute atomic E-state index is 16.4. The van der Waals surface area contributed by atoms with Crippen molar-refractivity contribution >= 4 is 21.7 Å². The SMILES string of the molecule is O=S(=O)(Nc1cccc(-c2nn(C3CCCCC3)cc2-c2ccnc(NC3=C/C=C(/C4CCCCOCC4)CC/C=C\3)n2)c1F)c1c(F)cccc1F. The summed E-state index contributed by atoms with van der Waals surface area (Å²) >= 11 is 0. The van der Waals surface area contributed by atoms with Crippen LogP contribution in [0.3, 0.4) is 0 Å². The van der Waals surface area contributed by atoms with Crippen LogP contribution in [0.15, 0.2) is 95.3 Å². The molecule has 0 spiro atoms. The Kier molecular flexibility index (Phi) is 11.4. The van der Waals surface area contributed by atoms with Gasteiger partial charge in [-0.15, -0.1) is 0 Å². The molecule has 4 aromatic rings. The summed E-state index contributed by atoms with van der Waals surface area (Å²) in [5.74, 6) is -2.68. The second kappa shape index (κ2) is 16.5. The maximum Gasteiger partial charge on any atom is 0.267 e. The van der Waals surface area contributed by atoms with Crippen molar-refractivity contribution in [3.63, 3.8) is 0 Å². The normalized spacial score (nSPS) is 21.5. The Hall–Kier alpha value is -4.75. The predicted octanol–water partition coefficient (Wildman–Crippen LogP) is 9.51. The van der Waals surface area contributed by atoms with E-state index < -0.39 is 38.1 Å². The fraction of sp³-hybridized carbons (Fsp3) is 0.375. The third kappa shape index (κ3) is 8.57. The molecule has 2 N–H and O–H groups in total. The fourth-order valence-electron chi connectivity index (χ4n) is 7.39. The highest BCUT2D eigenvalue weighted by Gasteiger charge is 2.28. The fourth-order valence-corrected chi connectivity index (χ4v) is 8.59. The van der Waals surface area contributed by atoms with Crippen LogP contribution in [0.25, 0.3) is 22.5 Å². The number of nitrogens with zero attached hydrogens (tertiary/aromatic N) is 4. The van der Waals surface area contributed by atoms with Crippen LogP contribution in [0.2, 0.25) is 0 Å². The summed E-state index contributed by atoms with van der Waals surface area (Å²) < 4.78 is 81.1. The van der Waals surface area contributed by atoms with Crippen LogP contribution in [0.1, 0.15) is 76.7 Å². The Morgan fingerprint density at radius 3 is 2.47 bits per heavy atom. The molecule has 278 valence electrons. The van der Waals surface area contributed by atoms with Gasteiger partial charge in [0.15, 0.2) is 10.7 Å². The zero-order chi connectivity index (χ0) is 36.8. The minimum atomic E-state index is -4.82. The van der Waals surface area contributed by atoms with Crippen molar-refractivity contribution in [2.75, 3.05) is 23.3 Å². The summed E-state index contributed by atoms with van der Waals surface area (Å²) in [7, 11) is -4.82. The van der Waals surface area contributed by atoms with E-state index in [0.29, 0.717) is 23.1 Å². The Morgan fingerprint density at radius 2 is 1.64 bits per heavy atom. The van der Waals surface area contributed by atoms with Gasteiger partial charge in [-0.3, -0.25) is 9.40 Å². The summed E-state index contributed by atoms with van der Waals surface area (Å²) in [5, 5.41) is 8.21. The number of hydrogen-bond acceptors (Lipinski definition) is 7. The molecule has 3 heterocycles. The number of hydrogen-bond donors (Lipinski definition) is 2. The Labute approximate surface area is 308 Å². The lowest BCUT2D eigenvalue weighted by Gasteiger charge is -2.23. The Bertz CT molecular complexity index is 2110. The molecule has 1 saturated heterocycles. The highest BCUT2D eigenvalue weighted by Crippen LogP contribution is 2.38. The number of nitrogens with one attached hydrogen (secondary N) is 2. The van der Waals surface area contributed by atoms with Crippen LogP contribution in [0.4, 0.5) is 24.8 Å². The highest BCUT2D eigenvalue weighted by atomic mass is 32.2. The standard InChI is InChI=1S/C40H43F3N6O3S/c41-33-16-9-17-34(42)39(33)53(50,51)48-36-18-8-15-31(37(36)43)38-32(26-49(47-38)30-13-2-1-3-14-30)35-21-23-44-40(46-35)45-29-12-5-4-10-27(19-20-29)28-11-6-7-24-52-25-22-28/h5,8-9,12,15-21,23,26,28,30,48H,1-4,6-7,10-11,13-14,22,24-25H2,(H,44,45,46)/b12-5-,27-19+,29-20+. The van der Waals surface area contributed by atoms with Gasteiger partial charge in [-0.1, -0.05) is 55.5 Å². The van der Waals surface area contributed by atoms with Gasteiger partial charge >= 0.3 is 0 Å². The molecule has 0 bridgehead atoms. The van der Waals surface area contributed by atoms with Crippen molar-refractivity contribution in [3.05, 3.63) is 108 Å². The average molecular weight is 745 g/mol. The van der Waals surface area contributed by atoms with Gasteiger partial charge in [-0.05, 0) is 93.3 Å².